The van der Waals surface area contributed by atoms with Crippen molar-refractivity contribution in [2.45, 2.75) is 32.4 Å². The Bertz CT molecular complexity index is 780. The van der Waals surface area contributed by atoms with E-state index in [1.807, 2.05) is 36.4 Å². The summed E-state index contributed by atoms with van der Waals surface area (Å²) in [5.41, 5.74) is 1.70. The van der Waals surface area contributed by atoms with E-state index in [9.17, 15) is 4.79 Å². The van der Waals surface area contributed by atoms with Crippen molar-refractivity contribution in [2.24, 2.45) is 4.99 Å². The second-order valence-corrected chi connectivity index (χ2v) is 7.13. The van der Waals surface area contributed by atoms with Crippen LogP contribution < -0.4 is 16.0 Å². The lowest BCUT2D eigenvalue weighted by Crippen LogP contribution is -2.42. The van der Waals surface area contributed by atoms with E-state index in [1.54, 1.807) is 13.3 Å². The Morgan fingerprint density at radius 1 is 1.17 bits per heavy atom. The van der Waals surface area contributed by atoms with Crippen LogP contribution in [-0.2, 0) is 6.54 Å². The first-order valence-corrected chi connectivity index (χ1v) is 10.3. The van der Waals surface area contributed by atoms with Gasteiger partial charge in [0.25, 0.3) is 5.91 Å². The summed E-state index contributed by atoms with van der Waals surface area (Å²) in [7, 11) is 1.63. The van der Waals surface area contributed by atoms with Gasteiger partial charge in [-0.15, -0.1) is 0 Å². The van der Waals surface area contributed by atoms with Gasteiger partial charge in [0.05, 0.1) is 18.8 Å². The Morgan fingerprint density at radius 2 is 1.93 bits per heavy atom. The molecular weight excluding hydrogens is 366 g/mol. The molecule has 0 aliphatic carbocycles. The highest BCUT2D eigenvalue weighted by Crippen LogP contribution is 2.24. The van der Waals surface area contributed by atoms with Crippen LogP contribution in [-0.4, -0.2) is 50.0 Å². The lowest BCUT2D eigenvalue weighted by Gasteiger charge is -2.26. The quantitative estimate of drug-likeness (QED) is 0.471. The number of carbonyl (C=O) groups excluding carboxylic acids is 1. The van der Waals surface area contributed by atoms with E-state index >= 15 is 0 Å². The third-order valence-corrected chi connectivity index (χ3v) is 5.12. The number of hydrogen-bond donors (Lipinski definition) is 3. The van der Waals surface area contributed by atoms with Gasteiger partial charge in [0.1, 0.15) is 5.76 Å². The third kappa shape index (κ3) is 5.84. The topological polar surface area (TPSA) is 81.9 Å². The second kappa shape index (κ2) is 10.7. The van der Waals surface area contributed by atoms with Crippen molar-refractivity contribution in [1.82, 2.24) is 20.9 Å². The first kappa shape index (κ1) is 20.9. The highest BCUT2D eigenvalue weighted by molar-refractivity contribution is 5.93. The molecule has 0 bridgehead atoms. The number of amides is 1. The zero-order chi connectivity index (χ0) is 20.5. The maximum absolute atomic E-state index is 11.7. The fourth-order valence-electron chi connectivity index (χ4n) is 3.56. The van der Waals surface area contributed by atoms with Gasteiger partial charge in [-0.25, -0.2) is 4.99 Å². The summed E-state index contributed by atoms with van der Waals surface area (Å²) in [6.07, 6.45) is 4.20. The van der Waals surface area contributed by atoms with E-state index in [4.69, 9.17) is 9.41 Å². The number of hydrogen-bond acceptors (Lipinski definition) is 4. The van der Waals surface area contributed by atoms with Crippen LogP contribution in [0.25, 0.3) is 0 Å². The largest absolute Gasteiger partial charge is 0.468 e. The monoisotopic (exact) mass is 397 g/mol. The van der Waals surface area contributed by atoms with E-state index in [1.165, 1.54) is 12.8 Å². The zero-order valence-corrected chi connectivity index (χ0v) is 17.3. The average molecular weight is 398 g/mol. The van der Waals surface area contributed by atoms with Gasteiger partial charge < -0.3 is 20.4 Å². The number of aliphatic imine (C=N–C) groups is 1. The predicted octanol–water partition coefficient (Wildman–Crippen LogP) is 2.53. The summed E-state index contributed by atoms with van der Waals surface area (Å²) in [5.74, 6) is 1.68. The Hall–Kier alpha value is -2.80. The summed E-state index contributed by atoms with van der Waals surface area (Å²) in [6, 6.07) is 11.7. The van der Waals surface area contributed by atoms with Crippen molar-refractivity contribution < 1.29 is 9.21 Å². The number of carbonyl (C=O) groups is 1. The fourth-order valence-corrected chi connectivity index (χ4v) is 3.56. The van der Waals surface area contributed by atoms with Gasteiger partial charge in [-0.1, -0.05) is 12.1 Å². The number of nitrogens with one attached hydrogen (secondary N) is 3. The molecule has 1 saturated heterocycles. The molecule has 29 heavy (non-hydrogen) atoms. The molecule has 7 heteroatoms. The number of benzene rings is 1. The normalized spacial score (nSPS) is 15.9. The van der Waals surface area contributed by atoms with Crippen LogP contribution in [0.1, 0.15) is 47.5 Å². The molecule has 3 N–H and O–H groups in total. The number of likely N-dealkylation sites (tertiary alicyclic amines) is 1. The summed E-state index contributed by atoms with van der Waals surface area (Å²) in [6.45, 7) is 6.31. The van der Waals surface area contributed by atoms with Gasteiger partial charge in [0.15, 0.2) is 5.96 Å². The molecule has 0 spiro atoms. The minimum absolute atomic E-state index is 0.0825. The van der Waals surface area contributed by atoms with Crippen LogP contribution in [0.2, 0.25) is 0 Å². The number of guanidine groups is 1. The standard InChI is InChI=1S/C22H31N5O2/c1-3-24-22(25-15-17-8-10-18(11-9-17)21(28)23-2)26-16-19(20-7-6-14-29-20)27-12-4-5-13-27/h6-11,14,19H,3-5,12-13,15-16H2,1-2H3,(H,23,28)(H2,24,25,26). The second-order valence-electron chi connectivity index (χ2n) is 7.13. The molecule has 1 fully saturated rings. The molecule has 2 aromatic rings. The molecule has 1 aromatic heterocycles. The minimum atomic E-state index is -0.0825. The Labute approximate surface area is 172 Å². The van der Waals surface area contributed by atoms with Crippen molar-refractivity contribution >= 4 is 11.9 Å². The van der Waals surface area contributed by atoms with Crippen molar-refractivity contribution in [2.75, 3.05) is 33.2 Å². The fraction of sp³-hybridized carbons (Fsp3) is 0.455. The van der Waals surface area contributed by atoms with Gasteiger partial charge in [-0.3, -0.25) is 9.69 Å². The summed E-state index contributed by atoms with van der Waals surface area (Å²) >= 11 is 0. The van der Waals surface area contributed by atoms with E-state index in [2.05, 4.69) is 27.8 Å². The van der Waals surface area contributed by atoms with Gasteiger partial charge in [-0.05, 0) is 62.7 Å². The highest BCUT2D eigenvalue weighted by atomic mass is 16.3. The van der Waals surface area contributed by atoms with Gasteiger partial charge in [-0.2, -0.15) is 0 Å². The maximum atomic E-state index is 11.7. The molecule has 1 atom stereocenters. The molecule has 1 aromatic carbocycles. The van der Waals surface area contributed by atoms with E-state index in [-0.39, 0.29) is 11.9 Å². The Balaban J connectivity index is 1.63. The van der Waals surface area contributed by atoms with Gasteiger partial charge >= 0.3 is 0 Å². The average Bonchev–Trinajstić information content (AvgIpc) is 3.47. The number of nitrogens with zero attached hydrogens (tertiary/aromatic N) is 2. The van der Waals surface area contributed by atoms with E-state index < -0.39 is 0 Å². The van der Waals surface area contributed by atoms with Crippen molar-refractivity contribution in [3.8, 4) is 0 Å². The maximum Gasteiger partial charge on any atom is 0.251 e. The molecule has 1 unspecified atom stereocenters. The zero-order valence-electron chi connectivity index (χ0n) is 17.3. The van der Waals surface area contributed by atoms with Gasteiger partial charge in [0.2, 0.25) is 0 Å². The molecular formula is C22H31N5O2. The highest BCUT2D eigenvalue weighted by Gasteiger charge is 2.25. The molecule has 0 saturated carbocycles. The molecule has 7 nitrogen and oxygen atoms in total. The van der Waals surface area contributed by atoms with Crippen molar-refractivity contribution in [3.63, 3.8) is 0 Å². The lowest BCUT2D eigenvalue weighted by molar-refractivity contribution is 0.0963. The summed E-state index contributed by atoms with van der Waals surface area (Å²) < 4.78 is 5.69. The molecule has 156 valence electrons. The molecule has 0 radical (unpaired) electrons. The Kier molecular flexibility index (Phi) is 7.69. The molecule has 2 heterocycles. The lowest BCUT2D eigenvalue weighted by atomic mass is 10.1. The molecule has 1 aliphatic rings. The van der Waals surface area contributed by atoms with Crippen LogP contribution in [0.3, 0.4) is 0 Å². The van der Waals surface area contributed by atoms with Crippen LogP contribution >= 0.6 is 0 Å². The Morgan fingerprint density at radius 3 is 2.55 bits per heavy atom. The number of furan rings is 1. The summed E-state index contributed by atoms with van der Waals surface area (Å²) in [5, 5.41) is 9.41. The van der Waals surface area contributed by atoms with E-state index in [0.29, 0.717) is 12.1 Å². The third-order valence-electron chi connectivity index (χ3n) is 5.12. The van der Waals surface area contributed by atoms with Crippen molar-refractivity contribution in [1.29, 1.82) is 0 Å². The number of rotatable bonds is 8. The molecule has 1 aliphatic heterocycles. The van der Waals surface area contributed by atoms with Crippen LogP contribution in [0.5, 0.6) is 0 Å². The SMILES string of the molecule is CCNC(=NCc1ccc(C(=O)NC)cc1)NCC(c1ccco1)N1CCCC1. The first-order chi connectivity index (χ1) is 14.2. The smallest absolute Gasteiger partial charge is 0.251 e. The van der Waals surface area contributed by atoms with Crippen LogP contribution in [0.15, 0.2) is 52.1 Å². The molecule has 1 amide bonds. The van der Waals surface area contributed by atoms with Crippen LogP contribution in [0, 0.1) is 0 Å². The van der Waals surface area contributed by atoms with Crippen molar-refractivity contribution in [3.05, 3.63) is 59.5 Å². The molecule has 3 rings (SSSR count). The van der Waals surface area contributed by atoms with E-state index in [0.717, 1.165) is 43.5 Å². The van der Waals surface area contributed by atoms with Gasteiger partial charge in [0, 0.05) is 25.7 Å². The minimum Gasteiger partial charge on any atom is -0.468 e. The predicted molar refractivity (Wildman–Crippen MR) is 115 cm³/mol. The van der Waals surface area contributed by atoms with Crippen LogP contribution in [0.4, 0.5) is 0 Å². The first-order valence-electron chi connectivity index (χ1n) is 10.3. The summed E-state index contributed by atoms with van der Waals surface area (Å²) in [4.78, 5) is 18.8.